The largest absolute Gasteiger partial charge is 0.398 e. The van der Waals surface area contributed by atoms with Gasteiger partial charge in [0.25, 0.3) is 0 Å². The molecule has 0 amide bonds. The molecular weight excluding hydrogens is 434 g/mol. The number of hydrogen-bond donors (Lipinski definition) is 1. The molecule has 1 fully saturated rings. The minimum Gasteiger partial charge on any atom is -0.398 e. The Morgan fingerprint density at radius 1 is 1.09 bits per heavy atom. The van der Waals surface area contributed by atoms with Gasteiger partial charge in [0.15, 0.2) is 9.84 Å². The summed E-state index contributed by atoms with van der Waals surface area (Å²) in [6.45, 7) is 12.1. The van der Waals surface area contributed by atoms with Crippen molar-refractivity contribution in [2.24, 2.45) is 5.73 Å². The second kappa shape index (κ2) is 11.5. The molecule has 1 heterocycles. The quantitative estimate of drug-likeness (QED) is 0.424. The predicted molar refractivity (Wildman–Crippen MR) is 136 cm³/mol. The zero-order valence-electron chi connectivity index (χ0n) is 19.7. The number of hydrogen-bond acceptors (Lipinski definition) is 6. The van der Waals surface area contributed by atoms with Crippen LogP contribution in [0.2, 0.25) is 0 Å². The van der Waals surface area contributed by atoms with E-state index in [0.29, 0.717) is 23.6 Å². The molecule has 0 unspecified atom stereocenters. The highest BCUT2D eigenvalue weighted by Crippen LogP contribution is 2.26. The lowest BCUT2D eigenvalue weighted by atomic mass is 10.0. The van der Waals surface area contributed by atoms with Gasteiger partial charge in [-0.3, -0.25) is 0 Å². The summed E-state index contributed by atoms with van der Waals surface area (Å²) in [7, 11) is -1.77. The minimum absolute atomic E-state index is 0.0630. The van der Waals surface area contributed by atoms with Gasteiger partial charge in [0.1, 0.15) is 0 Å². The van der Waals surface area contributed by atoms with Crippen molar-refractivity contribution in [1.82, 2.24) is 9.80 Å². The maximum absolute atomic E-state index is 12.5. The molecule has 2 aromatic carbocycles. The first kappa shape index (κ1) is 25.0. The van der Waals surface area contributed by atoms with Gasteiger partial charge in [0.2, 0.25) is 0 Å². The molecule has 2 N–H and O–H groups in total. The molecule has 0 radical (unpaired) electrons. The highest BCUT2D eigenvalue weighted by molar-refractivity contribution is 7.91. The Bertz CT molecular complexity index is 1070. The van der Waals surface area contributed by atoms with Crippen molar-refractivity contribution in [2.75, 3.05) is 52.2 Å². The second-order valence-electron chi connectivity index (χ2n) is 8.24. The van der Waals surface area contributed by atoms with Gasteiger partial charge in [-0.25, -0.2) is 8.42 Å². The van der Waals surface area contributed by atoms with E-state index in [1.54, 1.807) is 31.4 Å². The molecule has 0 saturated carbocycles. The van der Waals surface area contributed by atoms with Crippen molar-refractivity contribution in [3.05, 3.63) is 71.8 Å². The number of sulfone groups is 1. The van der Waals surface area contributed by atoms with E-state index in [4.69, 9.17) is 10.5 Å². The number of piperazine rings is 1. The first-order valence-electron chi connectivity index (χ1n) is 11.4. The van der Waals surface area contributed by atoms with E-state index in [1.807, 2.05) is 24.3 Å². The number of benzene rings is 2. The van der Waals surface area contributed by atoms with Crippen LogP contribution in [0.5, 0.6) is 0 Å². The summed E-state index contributed by atoms with van der Waals surface area (Å²) in [5.74, 6) is 0.0630. The van der Waals surface area contributed by atoms with Gasteiger partial charge in [-0.05, 0) is 42.3 Å². The molecule has 2 aromatic rings. The van der Waals surface area contributed by atoms with E-state index in [2.05, 4.69) is 29.4 Å². The van der Waals surface area contributed by atoms with Crippen LogP contribution in [0.3, 0.4) is 0 Å². The van der Waals surface area contributed by atoms with Gasteiger partial charge in [-0.2, -0.15) is 0 Å². The fourth-order valence-electron chi connectivity index (χ4n) is 4.01. The van der Waals surface area contributed by atoms with Crippen LogP contribution >= 0.6 is 0 Å². The summed E-state index contributed by atoms with van der Waals surface area (Å²) in [4.78, 5) is 5.07. The Hall–Kier alpha value is -2.61. The van der Waals surface area contributed by atoms with E-state index in [0.717, 1.165) is 55.1 Å². The lowest BCUT2D eigenvalue weighted by Gasteiger charge is -2.37. The fraction of sp³-hybridized carbons (Fsp3) is 0.385. The molecule has 1 aliphatic heterocycles. The monoisotopic (exact) mass is 469 g/mol. The lowest BCUT2D eigenvalue weighted by Crippen LogP contribution is -2.45. The van der Waals surface area contributed by atoms with Gasteiger partial charge >= 0.3 is 0 Å². The number of nitrogens with two attached hydrogens (primary N) is 1. The van der Waals surface area contributed by atoms with Crippen LogP contribution in [0.25, 0.3) is 17.5 Å². The maximum atomic E-state index is 12.5. The highest BCUT2D eigenvalue weighted by atomic mass is 32.2. The van der Waals surface area contributed by atoms with Crippen LogP contribution < -0.4 is 5.73 Å². The summed E-state index contributed by atoms with van der Waals surface area (Å²) in [6, 6.07) is 14.9. The molecule has 3 rings (SSSR count). The van der Waals surface area contributed by atoms with E-state index < -0.39 is 9.84 Å². The smallest absolute Gasteiger partial charge is 0.178 e. The Balaban J connectivity index is 1.77. The first-order chi connectivity index (χ1) is 15.9. The zero-order valence-corrected chi connectivity index (χ0v) is 20.5. The lowest BCUT2D eigenvalue weighted by molar-refractivity contribution is 0.183. The van der Waals surface area contributed by atoms with Crippen LogP contribution in [-0.2, 0) is 14.6 Å². The molecule has 0 aliphatic carbocycles. The number of ether oxygens (including phenoxy) is 1. The Morgan fingerprint density at radius 2 is 1.76 bits per heavy atom. The molecule has 6 nitrogen and oxygen atoms in total. The molecule has 1 aliphatic rings. The van der Waals surface area contributed by atoms with E-state index in [1.165, 1.54) is 0 Å². The van der Waals surface area contributed by atoms with Gasteiger partial charge < -0.3 is 20.3 Å². The van der Waals surface area contributed by atoms with Crippen LogP contribution in [0.1, 0.15) is 30.0 Å². The van der Waals surface area contributed by atoms with Crippen molar-refractivity contribution in [3.63, 3.8) is 0 Å². The van der Waals surface area contributed by atoms with Crippen LogP contribution in [0.4, 0.5) is 0 Å². The number of nitrogens with zero attached hydrogens (tertiary/aromatic N) is 2. The summed E-state index contributed by atoms with van der Waals surface area (Å²) in [5.41, 5.74) is 10.8. The van der Waals surface area contributed by atoms with Crippen molar-refractivity contribution in [2.45, 2.75) is 18.2 Å². The van der Waals surface area contributed by atoms with Crippen molar-refractivity contribution in [3.8, 4) is 0 Å². The molecule has 0 spiro atoms. The van der Waals surface area contributed by atoms with Crippen LogP contribution in [-0.4, -0.2) is 70.4 Å². The van der Waals surface area contributed by atoms with Gasteiger partial charge in [-0.1, -0.05) is 49.9 Å². The third kappa shape index (κ3) is 6.47. The first-order valence-corrected chi connectivity index (χ1v) is 13.1. The average Bonchev–Trinajstić information content (AvgIpc) is 2.84. The summed E-state index contributed by atoms with van der Waals surface area (Å²) in [6.07, 6.45) is 2.40. The standard InChI is InChI=1S/C26H35N3O3S/c1-4-28-14-16-29(17-15-28)21(2)25-9-6-5-8-23(25)20-26(27)22-10-12-24(13-11-22)33(30,31)19-7-18-32-3/h5-6,8-13,20H,2,4,7,14-19,27H2,1,3H3/b26-20-. The molecule has 33 heavy (non-hydrogen) atoms. The van der Waals surface area contributed by atoms with Crippen molar-refractivity contribution in [1.29, 1.82) is 0 Å². The van der Waals surface area contributed by atoms with Crippen molar-refractivity contribution >= 4 is 27.3 Å². The second-order valence-corrected chi connectivity index (χ2v) is 10.4. The maximum Gasteiger partial charge on any atom is 0.178 e. The molecule has 1 saturated heterocycles. The normalized spacial score (nSPS) is 15.6. The molecule has 0 aromatic heterocycles. The molecule has 178 valence electrons. The Kier molecular flexibility index (Phi) is 8.72. The minimum atomic E-state index is -3.33. The molecule has 7 heteroatoms. The van der Waals surface area contributed by atoms with Crippen LogP contribution in [0, 0.1) is 0 Å². The number of rotatable bonds is 10. The van der Waals surface area contributed by atoms with Gasteiger partial charge in [-0.15, -0.1) is 0 Å². The van der Waals surface area contributed by atoms with Gasteiger partial charge in [0, 0.05) is 56.9 Å². The fourth-order valence-corrected chi connectivity index (χ4v) is 5.29. The SMILES string of the molecule is C=C(c1ccccc1/C=C(\N)c1ccc(S(=O)(=O)CCCOC)cc1)N1CCN(CC)CC1. The topological polar surface area (TPSA) is 75.9 Å². The summed E-state index contributed by atoms with van der Waals surface area (Å²) in [5, 5.41) is 0. The molecular formula is C26H35N3O3S. The van der Waals surface area contributed by atoms with E-state index >= 15 is 0 Å². The zero-order chi connectivity index (χ0) is 23.8. The number of likely N-dealkylation sites (N-methyl/N-ethyl adjacent to an activating group) is 1. The van der Waals surface area contributed by atoms with E-state index in [-0.39, 0.29) is 5.75 Å². The Morgan fingerprint density at radius 3 is 2.39 bits per heavy atom. The predicted octanol–water partition coefficient (Wildman–Crippen LogP) is 3.56. The van der Waals surface area contributed by atoms with Gasteiger partial charge in [0.05, 0.1) is 10.6 Å². The van der Waals surface area contributed by atoms with Crippen molar-refractivity contribution < 1.29 is 13.2 Å². The Labute approximate surface area is 198 Å². The summed E-state index contributed by atoms with van der Waals surface area (Å²) >= 11 is 0. The highest BCUT2D eigenvalue weighted by Gasteiger charge is 2.19. The molecule has 0 atom stereocenters. The summed E-state index contributed by atoms with van der Waals surface area (Å²) < 4.78 is 29.9. The van der Waals surface area contributed by atoms with Crippen LogP contribution in [0.15, 0.2) is 60.0 Å². The average molecular weight is 470 g/mol. The third-order valence-electron chi connectivity index (χ3n) is 6.09. The van der Waals surface area contributed by atoms with E-state index in [9.17, 15) is 8.42 Å². The third-order valence-corrected chi connectivity index (χ3v) is 7.91. The number of methoxy groups -OCH3 is 1. The molecule has 0 bridgehead atoms.